The van der Waals surface area contributed by atoms with E-state index in [1.807, 2.05) is 13.0 Å². The predicted octanol–water partition coefficient (Wildman–Crippen LogP) is 4.06. The van der Waals surface area contributed by atoms with Gasteiger partial charge < -0.3 is 15.0 Å². The maximum atomic E-state index is 13.6. The number of nitrogens with zero attached hydrogens (tertiary/aromatic N) is 2. The Bertz CT molecular complexity index is 923. The Labute approximate surface area is 174 Å². The van der Waals surface area contributed by atoms with Crippen LogP contribution >= 0.6 is 0 Å². The summed E-state index contributed by atoms with van der Waals surface area (Å²) in [6.45, 7) is 2.65. The number of amides is 1. The van der Waals surface area contributed by atoms with Crippen LogP contribution in [-0.4, -0.2) is 37.4 Å². The molecule has 0 bridgehead atoms. The van der Waals surface area contributed by atoms with E-state index in [9.17, 15) is 13.6 Å². The van der Waals surface area contributed by atoms with Crippen molar-refractivity contribution in [3.8, 4) is 0 Å². The van der Waals surface area contributed by atoms with Gasteiger partial charge in [-0.05, 0) is 25.0 Å². The fourth-order valence-corrected chi connectivity index (χ4v) is 2.82. The molecule has 0 atom stereocenters. The maximum absolute atomic E-state index is 13.6. The topological polar surface area (TPSA) is 72.3 Å². The fourth-order valence-electron chi connectivity index (χ4n) is 2.82. The lowest BCUT2D eigenvalue weighted by atomic mass is 9.98. The standard InChI is InChI=1S/C22H25F2N3O3/c1-15-9-8-12-17(20(27-29-4)21(28)25-3)18(15)14-30-26-19(13-22(2,23)24)16-10-6-5-7-11-16/h5-12H,13-14H2,1-4H3,(H,25,28)/b26-19+,27-20+. The largest absolute Gasteiger partial charge is 0.398 e. The van der Waals surface area contributed by atoms with Gasteiger partial charge in [-0.3, -0.25) is 4.79 Å². The number of likely N-dealkylation sites (N-methyl/N-ethyl adjacent to an activating group) is 1. The molecule has 2 rings (SSSR count). The quantitative estimate of drug-likeness (QED) is 0.494. The van der Waals surface area contributed by atoms with Crippen molar-refractivity contribution >= 4 is 17.3 Å². The number of oxime groups is 2. The zero-order chi connectivity index (χ0) is 22.1. The lowest BCUT2D eigenvalue weighted by Crippen LogP contribution is -2.29. The number of nitrogens with one attached hydrogen (secondary N) is 1. The van der Waals surface area contributed by atoms with Crippen LogP contribution in [0.1, 0.15) is 35.6 Å². The molecule has 0 unspecified atom stereocenters. The van der Waals surface area contributed by atoms with Crippen LogP contribution in [0.25, 0.3) is 0 Å². The minimum absolute atomic E-state index is 0.0344. The van der Waals surface area contributed by atoms with E-state index >= 15 is 0 Å². The first-order chi connectivity index (χ1) is 14.3. The third kappa shape index (κ3) is 6.37. The van der Waals surface area contributed by atoms with E-state index in [1.54, 1.807) is 42.5 Å². The number of carbonyl (C=O) groups excluding carboxylic acids is 1. The average molecular weight is 417 g/mol. The first-order valence-electron chi connectivity index (χ1n) is 9.31. The molecule has 0 fully saturated rings. The van der Waals surface area contributed by atoms with Crippen LogP contribution in [0.5, 0.6) is 0 Å². The Kier molecular flexibility index (Phi) is 8.03. The summed E-state index contributed by atoms with van der Waals surface area (Å²) in [5.74, 6) is -3.37. The first kappa shape index (κ1) is 23.0. The Morgan fingerprint density at radius 3 is 2.40 bits per heavy atom. The summed E-state index contributed by atoms with van der Waals surface area (Å²) in [6, 6.07) is 14.0. The molecule has 0 radical (unpaired) electrons. The molecule has 30 heavy (non-hydrogen) atoms. The highest BCUT2D eigenvalue weighted by atomic mass is 19.3. The predicted molar refractivity (Wildman–Crippen MR) is 112 cm³/mol. The van der Waals surface area contributed by atoms with Crippen LogP contribution < -0.4 is 5.32 Å². The van der Waals surface area contributed by atoms with Crippen molar-refractivity contribution in [1.29, 1.82) is 0 Å². The zero-order valence-corrected chi connectivity index (χ0v) is 17.4. The van der Waals surface area contributed by atoms with Gasteiger partial charge in [0.05, 0.1) is 12.1 Å². The molecular weight excluding hydrogens is 392 g/mol. The van der Waals surface area contributed by atoms with Crippen molar-refractivity contribution in [2.75, 3.05) is 14.2 Å². The van der Waals surface area contributed by atoms with Gasteiger partial charge in [0.25, 0.3) is 11.8 Å². The van der Waals surface area contributed by atoms with Crippen LogP contribution in [0.4, 0.5) is 8.78 Å². The van der Waals surface area contributed by atoms with Gasteiger partial charge in [0.15, 0.2) is 5.71 Å². The molecule has 0 heterocycles. The summed E-state index contributed by atoms with van der Waals surface area (Å²) in [7, 11) is 2.83. The normalized spacial score (nSPS) is 12.5. The van der Waals surface area contributed by atoms with E-state index in [1.165, 1.54) is 14.2 Å². The minimum atomic E-state index is -2.94. The first-order valence-corrected chi connectivity index (χ1v) is 9.31. The molecule has 8 heteroatoms. The highest BCUT2D eigenvalue weighted by Gasteiger charge is 2.25. The van der Waals surface area contributed by atoms with Crippen molar-refractivity contribution < 1.29 is 23.3 Å². The van der Waals surface area contributed by atoms with Crippen LogP contribution in [-0.2, 0) is 21.1 Å². The number of halogens is 2. The summed E-state index contributed by atoms with van der Waals surface area (Å²) in [5.41, 5.74) is 2.75. The number of aryl methyl sites for hydroxylation is 1. The van der Waals surface area contributed by atoms with Gasteiger partial charge in [-0.25, -0.2) is 8.78 Å². The molecule has 1 N–H and O–H groups in total. The van der Waals surface area contributed by atoms with Gasteiger partial charge in [0.1, 0.15) is 13.7 Å². The molecular formula is C22H25F2N3O3. The third-order valence-corrected chi connectivity index (χ3v) is 4.26. The fraction of sp³-hybridized carbons (Fsp3) is 0.318. The van der Waals surface area contributed by atoms with Crippen LogP contribution in [0.2, 0.25) is 0 Å². The van der Waals surface area contributed by atoms with Crippen molar-refractivity contribution in [1.82, 2.24) is 5.32 Å². The summed E-state index contributed by atoms with van der Waals surface area (Å²) in [5, 5.41) is 10.3. The van der Waals surface area contributed by atoms with Crippen LogP contribution in [0.3, 0.4) is 0 Å². The second-order valence-corrected chi connectivity index (χ2v) is 6.73. The van der Waals surface area contributed by atoms with Gasteiger partial charge in [0, 0.05) is 18.2 Å². The summed E-state index contributed by atoms with van der Waals surface area (Å²) in [4.78, 5) is 22.5. The van der Waals surface area contributed by atoms with Crippen LogP contribution in [0, 0.1) is 6.92 Å². The van der Waals surface area contributed by atoms with Crippen LogP contribution in [0.15, 0.2) is 58.8 Å². The summed E-state index contributed by atoms with van der Waals surface area (Å²) < 4.78 is 27.3. The number of hydrogen-bond donors (Lipinski definition) is 1. The molecule has 0 aliphatic rings. The maximum Gasteiger partial charge on any atom is 0.273 e. The molecule has 0 saturated heterocycles. The molecule has 0 aliphatic carbocycles. The molecule has 160 valence electrons. The van der Waals surface area contributed by atoms with Crippen molar-refractivity contribution in [3.63, 3.8) is 0 Å². The Morgan fingerprint density at radius 1 is 1.10 bits per heavy atom. The molecule has 0 spiro atoms. The van der Waals surface area contributed by atoms with E-state index in [2.05, 4.69) is 15.6 Å². The van der Waals surface area contributed by atoms with Gasteiger partial charge in [-0.15, -0.1) is 0 Å². The average Bonchev–Trinajstić information content (AvgIpc) is 2.71. The second-order valence-electron chi connectivity index (χ2n) is 6.73. The number of benzene rings is 2. The Hall–Kier alpha value is -3.29. The van der Waals surface area contributed by atoms with E-state index in [4.69, 9.17) is 9.68 Å². The zero-order valence-electron chi connectivity index (χ0n) is 17.4. The van der Waals surface area contributed by atoms with E-state index in [0.717, 1.165) is 12.5 Å². The molecule has 2 aromatic carbocycles. The van der Waals surface area contributed by atoms with E-state index in [-0.39, 0.29) is 18.0 Å². The minimum Gasteiger partial charge on any atom is -0.398 e. The van der Waals surface area contributed by atoms with Crippen molar-refractivity contribution in [3.05, 3.63) is 70.8 Å². The second kappa shape index (κ2) is 10.5. The third-order valence-electron chi connectivity index (χ3n) is 4.26. The molecule has 6 nitrogen and oxygen atoms in total. The number of alkyl halides is 2. The van der Waals surface area contributed by atoms with E-state index < -0.39 is 18.3 Å². The lowest BCUT2D eigenvalue weighted by Gasteiger charge is -2.15. The summed E-state index contributed by atoms with van der Waals surface area (Å²) in [6.07, 6.45) is -0.563. The van der Waals surface area contributed by atoms with Gasteiger partial charge in [-0.2, -0.15) is 0 Å². The number of carbonyl (C=O) groups is 1. The van der Waals surface area contributed by atoms with Crippen molar-refractivity contribution in [2.24, 2.45) is 10.3 Å². The SMILES string of the molecule is CNC(=O)/C(=N/OC)c1cccc(C)c1CO/N=C(\CC(C)(F)F)c1ccccc1. The number of hydrogen-bond acceptors (Lipinski definition) is 5. The molecule has 1 amide bonds. The molecule has 0 saturated carbocycles. The smallest absolute Gasteiger partial charge is 0.273 e. The molecule has 0 aromatic heterocycles. The number of rotatable bonds is 9. The lowest BCUT2D eigenvalue weighted by molar-refractivity contribution is -0.114. The Balaban J connectivity index is 2.35. The Morgan fingerprint density at radius 2 is 1.80 bits per heavy atom. The summed E-state index contributed by atoms with van der Waals surface area (Å²) >= 11 is 0. The molecule has 2 aromatic rings. The molecule has 0 aliphatic heterocycles. The van der Waals surface area contributed by atoms with Gasteiger partial charge in [-0.1, -0.05) is 58.8 Å². The van der Waals surface area contributed by atoms with E-state index in [0.29, 0.717) is 16.7 Å². The van der Waals surface area contributed by atoms with Gasteiger partial charge >= 0.3 is 0 Å². The highest BCUT2D eigenvalue weighted by molar-refractivity contribution is 6.45. The monoisotopic (exact) mass is 417 g/mol. The van der Waals surface area contributed by atoms with Crippen molar-refractivity contribution in [2.45, 2.75) is 32.8 Å². The van der Waals surface area contributed by atoms with Gasteiger partial charge in [0.2, 0.25) is 0 Å². The highest BCUT2D eigenvalue weighted by Crippen LogP contribution is 2.22.